The smallest absolute Gasteiger partial charge is 0.230 e. The number of carbonyl (C=O) groups is 1. The molecular formula is C22H27N3O. The maximum absolute atomic E-state index is 13.1. The van der Waals surface area contributed by atoms with Crippen LogP contribution in [0.25, 0.3) is 0 Å². The molecule has 2 aromatic rings. The van der Waals surface area contributed by atoms with E-state index in [1.807, 2.05) is 36.7 Å². The van der Waals surface area contributed by atoms with Crippen LogP contribution >= 0.6 is 0 Å². The largest absolute Gasteiger partial charge is 0.337 e. The molecule has 4 rings (SSSR count). The fourth-order valence-electron chi connectivity index (χ4n) is 4.79. The number of piperidine rings is 1. The highest BCUT2D eigenvalue weighted by Gasteiger charge is 2.51. The molecule has 4 heteroatoms. The zero-order valence-electron chi connectivity index (χ0n) is 15.5. The molecule has 1 amide bonds. The van der Waals surface area contributed by atoms with Gasteiger partial charge in [0, 0.05) is 44.1 Å². The summed E-state index contributed by atoms with van der Waals surface area (Å²) in [6.07, 6.45) is 6.87. The summed E-state index contributed by atoms with van der Waals surface area (Å²) in [4.78, 5) is 22.0. The number of nitrogens with zero attached hydrogens (tertiary/aromatic N) is 3. The van der Waals surface area contributed by atoms with E-state index in [0.717, 1.165) is 45.4 Å². The molecule has 26 heavy (non-hydrogen) atoms. The predicted octanol–water partition coefficient (Wildman–Crippen LogP) is 3.45. The maximum Gasteiger partial charge on any atom is 0.230 e. The van der Waals surface area contributed by atoms with E-state index in [1.165, 1.54) is 11.1 Å². The van der Waals surface area contributed by atoms with Gasteiger partial charge in [-0.15, -0.1) is 0 Å². The van der Waals surface area contributed by atoms with Crippen LogP contribution in [0.5, 0.6) is 0 Å². The van der Waals surface area contributed by atoms with Crippen molar-refractivity contribution in [1.29, 1.82) is 0 Å². The first-order chi connectivity index (χ1) is 12.7. The van der Waals surface area contributed by atoms with Gasteiger partial charge in [-0.25, -0.2) is 0 Å². The lowest BCUT2D eigenvalue weighted by atomic mass is 9.81. The third kappa shape index (κ3) is 3.14. The first kappa shape index (κ1) is 17.2. The van der Waals surface area contributed by atoms with Crippen molar-refractivity contribution in [1.82, 2.24) is 14.8 Å². The number of carbonyl (C=O) groups excluding carboxylic acids is 1. The van der Waals surface area contributed by atoms with Crippen LogP contribution in [-0.4, -0.2) is 45.9 Å². The quantitative estimate of drug-likeness (QED) is 0.848. The van der Waals surface area contributed by atoms with Crippen molar-refractivity contribution in [3.8, 4) is 0 Å². The fraction of sp³-hybridized carbons (Fsp3) is 0.455. The Morgan fingerprint density at radius 2 is 1.88 bits per heavy atom. The molecule has 0 aliphatic carbocycles. The SMILES string of the molecule is CCN1C(=O)C(c2ccccc2)CC12CCN(Cc1cccnc1)CC2. The number of likely N-dealkylation sites (tertiary alicyclic amines) is 2. The summed E-state index contributed by atoms with van der Waals surface area (Å²) in [5, 5.41) is 0. The first-order valence-electron chi connectivity index (χ1n) is 9.69. The second-order valence-electron chi connectivity index (χ2n) is 7.61. The number of hydrogen-bond donors (Lipinski definition) is 0. The van der Waals surface area contributed by atoms with Gasteiger partial charge in [-0.1, -0.05) is 36.4 Å². The minimum absolute atomic E-state index is 0.0287. The summed E-state index contributed by atoms with van der Waals surface area (Å²) in [6.45, 7) is 5.96. The van der Waals surface area contributed by atoms with E-state index < -0.39 is 0 Å². The van der Waals surface area contributed by atoms with Gasteiger partial charge in [0.2, 0.25) is 5.91 Å². The van der Waals surface area contributed by atoms with Crippen molar-refractivity contribution in [3.05, 3.63) is 66.0 Å². The Morgan fingerprint density at radius 3 is 2.54 bits per heavy atom. The molecule has 4 nitrogen and oxygen atoms in total. The molecule has 1 spiro atoms. The van der Waals surface area contributed by atoms with Gasteiger partial charge in [-0.05, 0) is 43.4 Å². The van der Waals surface area contributed by atoms with Gasteiger partial charge in [0.1, 0.15) is 0 Å². The van der Waals surface area contributed by atoms with Crippen LogP contribution in [0.4, 0.5) is 0 Å². The Labute approximate surface area is 155 Å². The van der Waals surface area contributed by atoms with Gasteiger partial charge >= 0.3 is 0 Å². The van der Waals surface area contributed by atoms with Crippen molar-refractivity contribution >= 4 is 5.91 Å². The van der Waals surface area contributed by atoms with Gasteiger partial charge in [0.25, 0.3) is 0 Å². The Hall–Kier alpha value is -2.20. The summed E-state index contributed by atoms with van der Waals surface area (Å²) >= 11 is 0. The van der Waals surface area contributed by atoms with E-state index in [-0.39, 0.29) is 11.5 Å². The van der Waals surface area contributed by atoms with Crippen LogP contribution in [0.2, 0.25) is 0 Å². The van der Waals surface area contributed by atoms with Crippen molar-refractivity contribution < 1.29 is 4.79 Å². The first-order valence-corrected chi connectivity index (χ1v) is 9.69. The monoisotopic (exact) mass is 349 g/mol. The van der Waals surface area contributed by atoms with Gasteiger partial charge in [0.15, 0.2) is 0 Å². The third-order valence-corrected chi connectivity index (χ3v) is 6.15. The summed E-state index contributed by atoms with van der Waals surface area (Å²) in [6, 6.07) is 14.5. The molecule has 1 atom stereocenters. The molecular weight excluding hydrogens is 322 g/mol. The highest BCUT2D eigenvalue weighted by Crippen LogP contribution is 2.45. The minimum Gasteiger partial charge on any atom is -0.337 e. The minimum atomic E-state index is 0.0287. The molecule has 0 saturated carbocycles. The number of aromatic nitrogens is 1. The molecule has 1 aromatic heterocycles. The Morgan fingerprint density at radius 1 is 1.12 bits per heavy atom. The fourth-order valence-corrected chi connectivity index (χ4v) is 4.79. The van der Waals surface area contributed by atoms with E-state index in [0.29, 0.717) is 5.91 Å². The molecule has 2 aliphatic rings. The standard InChI is InChI=1S/C22H27N3O/c1-2-25-21(26)20(19-8-4-3-5-9-19)15-22(25)10-13-24(14-11-22)17-18-7-6-12-23-16-18/h3-9,12,16,20H,2,10-11,13-15,17H2,1H3. The zero-order chi connectivity index (χ0) is 18.0. The Kier molecular flexibility index (Phi) is 4.77. The van der Waals surface area contributed by atoms with Crippen LogP contribution < -0.4 is 0 Å². The molecule has 2 fully saturated rings. The number of likely N-dealkylation sites (N-methyl/N-ethyl adjacent to an activating group) is 1. The van der Waals surface area contributed by atoms with Crippen molar-refractivity contribution in [2.24, 2.45) is 0 Å². The van der Waals surface area contributed by atoms with Crippen LogP contribution in [0.1, 0.15) is 43.2 Å². The van der Waals surface area contributed by atoms with Crippen LogP contribution in [0.15, 0.2) is 54.9 Å². The maximum atomic E-state index is 13.1. The molecule has 136 valence electrons. The molecule has 1 aromatic carbocycles. The molecule has 2 saturated heterocycles. The number of amides is 1. The summed E-state index contributed by atoms with van der Waals surface area (Å²) in [7, 11) is 0. The van der Waals surface area contributed by atoms with Gasteiger partial charge in [-0.2, -0.15) is 0 Å². The van der Waals surface area contributed by atoms with Crippen molar-refractivity contribution in [3.63, 3.8) is 0 Å². The highest BCUT2D eigenvalue weighted by atomic mass is 16.2. The van der Waals surface area contributed by atoms with Gasteiger partial charge in [-0.3, -0.25) is 14.7 Å². The lowest BCUT2D eigenvalue weighted by Crippen LogP contribution is -2.52. The molecule has 2 aliphatic heterocycles. The average Bonchev–Trinajstić information content (AvgIpc) is 2.97. The predicted molar refractivity (Wildman–Crippen MR) is 103 cm³/mol. The van der Waals surface area contributed by atoms with Crippen LogP contribution in [0.3, 0.4) is 0 Å². The molecule has 1 unspecified atom stereocenters. The molecule has 0 N–H and O–H groups in total. The Bertz CT molecular complexity index is 738. The number of hydrogen-bond acceptors (Lipinski definition) is 3. The van der Waals surface area contributed by atoms with Crippen molar-refractivity contribution in [2.75, 3.05) is 19.6 Å². The van der Waals surface area contributed by atoms with E-state index in [9.17, 15) is 4.79 Å². The van der Waals surface area contributed by atoms with Gasteiger partial charge < -0.3 is 4.90 Å². The van der Waals surface area contributed by atoms with E-state index in [2.05, 4.69) is 39.9 Å². The van der Waals surface area contributed by atoms with Crippen molar-refractivity contribution in [2.45, 2.75) is 44.2 Å². The number of benzene rings is 1. The van der Waals surface area contributed by atoms with E-state index >= 15 is 0 Å². The molecule has 3 heterocycles. The average molecular weight is 349 g/mol. The summed E-state index contributed by atoms with van der Waals surface area (Å²) in [5.41, 5.74) is 2.48. The van der Waals surface area contributed by atoms with E-state index in [1.54, 1.807) is 0 Å². The van der Waals surface area contributed by atoms with E-state index in [4.69, 9.17) is 0 Å². The topological polar surface area (TPSA) is 36.4 Å². The Balaban J connectivity index is 1.47. The summed E-state index contributed by atoms with van der Waals surface area (Å²) in [5.74, 6) is 0.348. The number of pyridine rings is 1. The number of rotatable bonds is 4. The van der Waals surface area contributed by atoms with Crippen LogP contribution in [0, 0.1) is 0 Å². The summed E-state index contributed by atoms with van der Waals surface area (Å²) < 4.78 is 0. The van der Waals surface area contributed by atoms with Crippen LogP contribution in [-0.2, 0) is 11.3 Å². The second kappa shape index (κ2) is 7.20. The normalized spacial score (nSPS) is 22.9. The van der Waals surface area contributed by atoms with Gasteiger partial charge in [0.05, 0.1) is 5.92 Å². The zero-order valence-corrected chi connectivity index (χ0v) is 15.5. The lowest BCUT2D eigenvalue weighted by Gasteiger charge is -2.44. The second-order valence-corrected chi connectivity index (χ2v) is 7.61. The lowest BCUT2D eigenvalue weighted by molar-refractivity contribution is -0.133. The highest BCUT2D eigenvalue weighted by molar-refractivity contribution is 5.87. The molecule has 0 bridgehead atoms. The molecule has 0 radical (unpaired) electrons. The third-order valence-electron chi connectivity index (χ3n) is 6.15.